The highest BCUT2D eigenvalue weighted by molar-refractivity contribution is 8.15. The van der Waals surface area contributed by atoms with Gasteiger partial charge in [0.15, 0.2) is 11.0 Å². The minimum absolute atomic E-state index is 0.116. The molecular formula is C31H29F3N6O3S. The molecule has 3 amide bonds. The molecule has 4 aromatic rings. The molecule has 2 heterocycles. The van der Waals surface area contributed by atoms with Gasteiger partial charge in [-0.1, -0.05) is 62.0 Å². The number of thioether (sulfide) groups is 1. The average Bonchev–Trinajstić information content (AvgIpc) is 3.63. The summed E-state index contributed by atoms with van der Waals surface area (Å²) in [5.74, 6) is 1.07. The second-order valence-electron chi connectivity index (χ2n) is 10.2. The molecule has 0 radical (unpaired) electrons. The lowest BCUT2D eigenvalue weighted by Crippen LogP contribution is -2.33. The molecule has 0 atom stereocenters. The molecule has 1 N–H and O–H groups in total. The summed E-state index contributed by atoms with van der Waals surface area (Å²) in [5.41, 5.74) is 2.92. The lowest BCUT2D eigenvalue weighted by molar-refractivity contribution is -0.137. The topological polar surface area (TPSA) is 102 Å². The number of aliphatic imine (C=N–C) groups is 1. The molecule has 1 saturated heterocycles. The fourth-order valence-electron chi connectivity index (χ4n) is 4.66. The van der Waals surface area contributed by atoms with Crippen molar-refractivity contribution in [1.29, 1.82) is 0 Å². The number of hydrogen-bond acceptors (Lipinski definition) is 6. The van der Waals surface area contributed by atoms with Gasteiger partial charge in [0.05, 0.1) is 29.8 Å². The summed E-state index contributed by atoms with van der Waals surface area (Å²) in [6.07, 6.45) is -2.43. The number of anilines is 1. The minimum Gasteiger partial charge on any atom is -0.495 e. The molecule has 0 spiro atoms. The van der Waals surface area contributed by atoms with E-state index in [0.717, 1.165) is 28.8 Å². The number of amidine groups is 1. The molecule has 1 aliphatic heterocycles. The van der Waals surface area contributed by atoms with Crippen molar-refractivity contribution in [3.05, 3.63) is 89.7 Å². The zero-order valence-electron chi connectivity index (χ0n) is 24.1. The van der Waals surface area contributed by atoms with Gasteiger partial charge in [-0.15, -0.1) is 5.10 Å². The largest absolute Gasteiger partial charge is 0.495 e. The summed E-state index contributed by atoms with van der Waals surface area (Å²) in [6.45, 7) is 4.36. The summed E-state index contributed by atoms with van der Waals surface area (Å²) in [4.78, 5) is 35.5. The maximum absolute atomic E-state index is 12.8. The number of hydrogen-bond donors (Lipinski definition) is 1. The van der Waals surface area contributed by atoms with Gasteiger partial charge in [0.1, 0.15) is 12.1 Å². The third kappa shape index (κ3) is 6.77. The first kappa shape index (κ1) is 30.8. The highest BCUT2D eigenvalue weighted by Gasteiger charge is 2.34. The van der Waals surface area contributed by atoms with Gasteiger partial charge >= 0.3 is 12.2 Å². The molecule has 228 valence electrons. The Bertz CT molecular complexity index is 1690. The number of aromatic nitrogens is 3. The van der Waals surface area contributed by atoms with E-state index in [1.807, 2.05) is 50.2 Å². The third-order valence-electron chi connectivity index (χ3n) is 6.91. The second-order valence-corrected chi connectivity index (χ2v) is 11.1. The molecule has 44 heavy (non-hydrogen) atoms. The monoisotopic (exact) mass is 622 g/mol. The number of halogens is 3. The number of benzene rings is 3. The predicted octanol–water partition coefficient (Wildman–Crippen LogP) is 6.47. The Hall–Kier alpha value is -4.65. The van der Waals surface area contributed by atoms with Crippen LogP contribution in [0.5, 0.6) is 5.75 Å². The van der Waals surface area contributed by atoms with Crippen molar-refractivity contribution in [2.24, 2.45) is 4.99 Å². The van der Waals surface area contributed by atoms with Crippen LogP contribution in [-0.4, -0.2) is 51.3 Å². The lowest BCUT2D eigenvalue weighted by atomic mass is 10.00. The number of nitrogens with one attached hydrogen (secondary N) is 1. The molecule has 0 saturated carbocycles. The van der Waals surface area contributed by atoms with Crippen molar-refractivity contribution in [2.75, 3.05) is 24.3 Å². The first-order valence-electron chi connectivity index (χ1n) is 13.7. The molecule has 1 aromatic heterocycles. The molecular weight excluding hydrogens is 593 g/mol. The summed E-state index contributed by atoms with van der Waals surface area (Å²) in [5, 5.41) is 7.46. The van der Waals surface area contributed by atoms with Crippen LogP contribution in [-0.2, 0) is 17.4 Å². The Kier molecular flexibility index (Phi) is 9.04. The first-order chi connectivity index (χ1) is 21.0. The SMILES string of the molecule is COc1cccc(C(C)C)c1N1C(=O)CS/C1=N\C(=O)NCCc1ccc(-c2ncn(-c3ccc(C(F)(F)F)cc3)n2)cc1. The van der Waals surface area contributed by atoms with E-state index in [9.17, 15) is 22.8 Å². The van der Waals surface area contributed by atoms with Gasteiger partial charge in [0, 0.05) is 12.1 Å². The number of carbonyl (C=O) groups is 2. The molecule has 1 aliphatic rings. The van der Waals surface area contributed by atoms with E-state index in [1.165, 1.54) is 39.8 Å². The van der Waals surface area contributed by atoms with Crippen LogP contribution in [0, 0.1) is 0 Å². The molecule has 13 heteroatoms. The Balaban J connectivity index is 1.20. The van der Waals surface area contributed by atoms with Crippen LogP contribution in [0.25, 0.3) is 17.1 Å². The number of ether oxygens (including phenoxy) is 1. The van der Waals surface area contributed by atoms with Crippen LogP contribution in [0.4, 0.5) is 23.7 Å². The van der Waals surface area contributed by atoms with E-state index in [4.69, 9.17) is 4.74 Å². The second kappa shape index (κ2) is 12.9. The highest BCUT2D eigenvalue weighted by Crippen LogP contribution is 2.40. The van der Waals surface area contributed by atoms with E-state index in [-0.39, 0.29) is 17.6 Å². The quantitative estimate of drug-likeness (QED) is 0.242. The van der Waals surface area contributed by atoms with E-state index in [0.29, 0.717) is 41.1 Å². The van der Waals surface area contributed by atoms with Crippen molar-refractivity contribution >= 4 is 34.6 Å². The van der Waals surface area contributed by atoms with Crippen LogP contribution in [0.3, 0.4) is 0 Å². The van der Waals surface area contributed by atoms with E-state index in [2.05, 4.69) is 20.4 Å². The van der Waals surface area contributed by atoms with Gasteiger partial charge in [-0.05, 0) is 53.8 Å². The molecule has 0 unspecified atom stereocenters. The molecule has 1 fully saturated rings. The number of rotatable bonds is 8. The fourth-order valence-corrected chi connectivity index (χ4v) is 5.51. The van der Waals surface area contributed by atoms with Gasteiger partial charge in [-0.25, -0.2) is 14.5 Å². The normalized spacial score (nSPS) is 14.5. The maximum atomic E-state index is 12.8. The van der Waals surface area contributed by atoms with Crippen molar-refractivity contribution in [1.82, 2.24) is 20.1 Å². The number of carbonyl (C=O) groups excluding carboxylic acids is 2. The maximum Gasteiger partial charge on any atom is 0.416 e. The summed E-state index contributed by atoms with van der Waals surface area (Å²) >= 11 is 1.20. The van der Waals surface area contributed by atoms with Gasteiger partial charge in [-0.2, -0.15) is 18.2 Å². The third-order valence-corrected chi connectivity index (χ3v) is 7.83. The molecule has 0 aliphatic carbocycles. The Morgan fingerprint density at radius 3 is 2.48 bits per heavy atom. The molecule has 9 nitrogen and oxygen atoms in total. The Morgan fingerprint density at radius 1 is 1.09 bits per heavy atom. The van der Waals surface area contributed by atoms with Gasteiger partial charge in [0.2, 0.25) is 5.91 Å². The predicted molar refractivity (Wildman–Crippen MR) is 163 cm³/mol. The summed E-state index contributed by atoms with van der Waals surface area (Å²) in [6, 6.07) is 17.1. The number of methoxy groups -OCH3 is 1. The van der Waals surface area contributed by atoms with E-state index in [1.54, 1.807) is 13.2 Å². The van der Waals surface area contributed by atoms with Crippen LogP contribution in [0.15, 0.2) is 78.0 Å². The van der Waals surface area contributed by atoms with E-state index >= 15 is 0 Å². The number of para-hydroxylation sites is 1. The van der Waals surface area contributed by atoms with Crippen LogP contribution in [0.1, 0.15) is 36.5 Å². The fraction of sp³-hybridized carbons (Fsp3) is 0.258. The lowest BCUT2D eigenvalue weighted by Gasteiger charge is -2.23. The Morgan fingerprint density at radius 2 is 1.82 bits per heavy atom. The number of urea groups is 1. The van der Waals surface area contributed by atoms with Gasteiger partial charge in [0.25, 0.3) is 0 Å². The smallest absolute Gasteiger partial charge is 0.416 e. The molecule has 3 aromatic carbocycles. The van der Waals surface area contributed by atoms with Crippen molar-refractivity contribution in [3.8, 4) is 22.8 Å². The zero-order chi connectivity index (χ0) is 31.4. The number of nitrogens with zero attached hydrogens (tertiary/aromatic N) is 5. The summed E-state index contributed by atoms with van der Waals surface area (Å²) < 4.78 is 45.5. The van der Waals surface area contributed by atoms with Crippen LogP contribution >= 0.6 is 11.8 Å². The molecule has 0 bridgehead atoms. The van der Waals surface area contributed by atoms with Gasteiger partial charge in [-0.3, -0.25) is 9.69 Å². The van der Waals surface area contributed by atoms with Gasteiger partial charge < -0.3 is 10.1 Å². The van der Waals surface area contributed by atoms with Crippen molar-refractivity contribution in [2.45, 2.75) is 32.4 Å². The first-order valence-corrected chi connectivity index (χ1v) is 14.7. The van der Waals surface area contributed by atoms with Crippen molar-refractivity contribution < 1.29 is 27.5 Å². The minimum atomic E-state index is -4.41. The van der Waals surface area contributed by atoms with E-state index < -0.39 is 17.8 Å². The Labute approximate surface area is 256 Å². The average molecular weight is 623 g/mol. The standard InChI is InChI=1S/C31H29F3N6O3S/c1-19(2)24-5-4-6-25(43-3)27(24)40-26(41)17-44-30(40)37-29(42)35-16-15-20-7-9-21(10-8-20)28-36-18-39(38-28)23-13-11-22(12-14-23)31(32,33)34/h4-14,18-19H,15-17H2,1-3H3,(H,35,42)/b37-30-. The van der Waals surface area contributed by atoms with Crippen LogP contribution < -0.4 is 15.0 Å². The summed E-state index contributed by atoms with van der Waals surface area (Å²) in [7, 11) is 1.54. The molecule has 5 rings (SSSR count). The highest BCUT2D eigenvalue weighted by atomic mass is 32.2. The number of amides is 3. The van der Waals surface area contributed by atoms with Crippen LogP contribution in [0.2, 0.25) is 0 Å². The zero-order valence-corrected chi connectivity index (χ0v) is 24.9. The van der Waals surface area contributed by atoms with Crippen molar-refractivity contribution in [3.63, 3.8) is 0 Å². The number of alkyl halides is 3.